The number of ether oxygens (including phenoxy) is 2. The van der Waals surface area contributed by atoms with Crippen LogP contribution in [0.3, 0.4) is 0 Å². The van der Waals surface area contributed by atoms with Crippen molar-refractivity contribution in [1.82, 2.24) is 9.88 Å². The molecule has 1 amide bonds. The number of aromatic nitrogens is 1. The summed E-state index contributed by atoms with van der Waals surface area (Å²) >= 11 is 0. The van der Waals surface area contributed by atoms with Crippen LogP contribution >= 0.6 is 0 Å². The minimum absolute atomic E-state index is 0.0915. The Hall–Kier alpha value is -2.56. The fraction of sp³-hybridized carbons (Fsp3) is 0.400. The largest absolute Gasteiger partial charge is 0.497 e. The van der Waals surface area contributed by atoms with E-state index in [2.05, 4.69) is 4.98 Å². The molecular weight excluding hydrogens is 316 g/mol. The second-order valence-electron chi connectivity index (χ2n) is 6.73. The van der Waals surface area contributed by atoms with Crippen LogP contribution in [0.15, 0.2) is 48.8 Å². The molecule has 1 aliphatic carbocycles. The predicted octanol–water partition coefficient (Wildman–Crippen LogP) is 3.16. The molecule has 0 spiro atoms. The minimum atomic E-state index is 0.0915. The highest BCUT2D eigenvalue weighted by atomic mass is 16.5. The molecule has 1 aliphatic heterocycles. The van der Waals surface area contributed by atoms with Crippen LogP contribution in [0, 0.1) is 5.92 Å². The molecule has 3 atom stereocenters. The van der Waals surface area contributed by atoms with Gasteiger partial charge in [-0.15, -0.1) is 0 Å². The summed E-state index contributed by atoms with van der Waals surface area (Å²) < 4.78 is 11.3. The Bertz CT molecular complexity index is 750. The third kappa shape index (κ3) is 3.06. The molecule has 2 heterocycles. The van der Waals surface area contributed by atoms with Crippen molar-refractivity contribution in [3.8, 4) is 11.5 Å². The first-order valence-electron chi connectivity index (χ1n) is 8.76. The van der Waals surface area contributed by atoms with Gasteiger partial charge in [0.1, 0.15) is 18.1 Å². The molecule has 0 N–H and O–H groups in total. The maximum Gasteiger partial charge on any atom is 0.254 e. The molecule has 4 rings (SSSR count). The summed E-state index contributed by atoms with van der Waals surface area (Å²) in [4.78, 5) is 19.0. The topological polar surface area (TPSA) is 51.7 Å². The molecule has 2 aromatic rings. The van der Waals surface area contributed by atoms with E-state index >= 15 is 0 Å². The number of rotatable bonds is 5. The van der Waals surface area contributed by atoms with E-state index in [1.165, 1.54) is 6.42 Å². The van der Waals surface area contributed by atoms with Gasteiger partial charge in [0.15, 0.2) is 0 Å². The van der Waals surface area contributed by atoms with Crippen LogP contribution in [0.5, 0.6) is 11.5 Å². The van der Waals surface area contributed by atoms with E-state index in [9.17, 15) is 4.79 Å². The number of piperidine rings is 1. The van der Waals surface area contributed by atoms with Gasteiger partial charge in [-0.2, -0.15) is 0 Å². The first-order valence-corrected chi connectivity index (χ1v) is 8.76. The molecule has 0 radical (unpaired) electrons. The molecule has 25 heavy (non-hydrogen) atoms. The quantitative estimate of drug-likeness (QED) is 0.840. The third-order valence-electron chi connectivity index (χ3n) is 5.36. The molecule has 2 fully saturated rings. The van der Waals surface area contributed by atoms with Crippen molar-refractivity contribution in [2.45, 2.75) is 31.3 Å². The van der Waals surface area contributed by atoms with E-state index in [1.54, 1.807) is 31.6 Å². The number of carbonyl (C=O) groups is 1. The number of fused-ring (bicyclic) bond motifs is 2. The van der Waals surface area contributed by atoms with Gasteiger partial charge < -0.3 is 14.4 Å². The van der Waals surface area contributed by atoms with Crippen LogP contribution in [0.1, 0.15) is 29.6 Å². The number of carbonyl (C=O) groups excluding carboxylic acids is 1. The Morgan fingerprint density at radius 1 is 1.20 bits per heavy atom. The summed E-state index contributed by atoms with van der Waals surface area (Å²) in [5.74, 6) is 2.17. The lowest BCUT2D eigenvalue weighted by molar-refractivity contribution is 0.0505. The molecular formula is C20H22N2O3. The molecule has 2 aliphatic rings. The zero-order valence-corrected chi connectivity index (χ0v) is 14.3. The zero-order valence-electron chi connectivity index (χ0n) is 14.3. The second-order valence-corrected chi connectivity index (χ2v) is 6.73. The number of pyridine rings is 1. The molecule has 2 bridgehead atoms. The molecule has 1 aromatic heterocycles. The standard InChI is InChI=1S/C20H22N2O3/c1-24-17-3-2-4-18(12-17)25-13-19-15-5-6-16(11-15)22(19)20(23)14-7-9-21-10-8-14/h2-4,7-10,12,15-16,19H,5-6,11,13H2,1H3/t15-,16+,19+/m0/s1. The number of likely N-dealkylation sites (tertiary alicyclic amines) is 1. The fourth-order valence-corrected chi connectivity index (χ4v) is 4.14. The number of nitrogens with zero attached hydrogens (tertiary/aromatic N) is 2. The summed E-state index contributed by atoms with van der Waals surface area (Å²) in [6, 6.07) is 11.6. The highest BCUT2D eigenvalue weighted by Gasteiger charge is 2.48. The number of benzene rings is 1. The molecule has 0 unspecified atom stereocenters. The van der Waals surface area contributed by atoms with Gasteiger partial charge in [-0.1, -0.05) is 6.07 Å². The fourth-order valence-electron chi connectivity index (χ4n) is 4.14. The van der Waals surface area contributed by atoms with Gasteiger partial charge in [0.25, 0.3) is 5.91 Å². The first kappa shape index (κ1) is 15.9. The van der Waals surface area contributed by atoms with Crippen LogP contribution in [-0.4, -0.2) is 41.6 Å². The Morgan fingerprint density at radius 2 is 2.00 bits per heavy atom. The Balaban J connectivity index is 1.50. The van der Waals surface area contributed by atoms with E-state index in [-0.39, 0.29) is 11.9 Å². The molecule has 1 saturated carbocycles. The maximum atomic E-state index is 13.0. The molecule has 5 heteroatoms. The average Bonchev–Trinajstić information content (AvgIpc) is 3.28. The van der Waals surface area contributed by atoms with Gasteiger partial charge in [0.2, 0.25) is 0 Å². The van der Waals surface area contributed by atoms with Crippen molar-refractivity contribution < 1.29 is 14.3 Å². The Labute approximate surface area is 147 Å². The van der Waals surface area contributed by atoms with E-state index in [1.807, 2.05) is 29.2 Å². The lowest BCUT2D eigenvalue weighted by atomic mass is 9.98. The van der Waals surface area contributed by atoms with Crippen molar-refractivity contribution in [2.24, 2.45) is 5.92 Å². The molecule has 1 saturated heterocycles. The van der Waals surface area contributed by atoms with Gasteiger partial charge in [-0.25, -0.2) is 0 Å². The van der Waals surface area contributed by atoms with E-state index < -0.39 is 0 Å². The van der Waals surface area contributed by atoms with Crippen LogP contribution in [-0.2, 0) is 0 Å². The number of hydrogen-bond acceptors (Lipinski definition) is 4. The molecule has 130 valence electrons. The van der Waals surface area contributed by atoms with E-state index in [0.717, 1.165) is 24.3 Å². The monoisotopic (exact) mass is 338 g/mol. The number of methoxy groups -OCH3 is 1. The third-order valence-corrected chi connectivity index (χ3v) is 5.36. The van der Waals surface area contributed by atoms with Crippen LogP contribution in [0.2, 0.25) is 0 Å². The first-order chi connectivity index (χ1) is 12.3. The predicted molar refractivity (Wildman–Crippen MR) is 93.8 cm³/mol. The van der Waals surface area contributed by atoms with Gasteiger partial charge in [-0.05, 0) is 49.4 Å². The summed E-state index contributed by atoms with van der Waals surface area (Å²) in [7, 11) is 1.64. The highest BCUT2D eigenvalue weighted by Crippen LogP contribution is 2.43. The molecule has 5 nitrogen and oxygen atoms in total. The second kappa shape index (κ2) is 6.75. The zero-order chi connectivity index (χ0) is 17.2. The highest BCUT2D eigenvalue weighted by molar-refractivity contribution is 5.94. The van der Waals surface area contributed by atoms with Gasteiger partial charge >= 0.3 is 0 Å². The van der Waals surface area contributed by atoms with Crippen molar-refractivity contribution in [1.29, 1.82) is 0 Å². The van der Waals surface area contributed by atoms with Crippen molar-refractivity contribution >= 4 is 5.91 Å². The lowest BCUT2D eigenvalue weighted by Crippen LogP contribution is -2.47. The summed E-state index contributed by atoms with van der Waals surface area (Å²) in [6.45, 7) is 0.519. The van der Waals surface area contributed by atoms with Gasteiger partial charge in [0, 0.05) is 30.1 Å². The smallest absolute Gasteiger partial charge is 0.254 e. The van der Waals surface area contributed by atoms with Crippen molar-refractivity contribution in [3.05, 3.63) is 54.4 Å². The molecule has 1 aromatic carbocycles. The van der Waals surface area contributed by atoms with Crippen LogP contribution < -0.4 is 9.47 Å². The van der Waals surface area contributed by atoms with Crippen LogP contribution in [0.4, 0.5) is 0 Å². The van der Waals surface area contributed by atoms with Gasteiger partial charge in [0.05, 0.1) is 13.2 Å². The van der Waals surface area contributed by atoms with E-state index in [4.69, 9.17) is 9.47 Å². The average molecular weight is 338 g/mol. The SMILES string of the molecule is COc1cccc(OC[C@@H]2[C@H]3CC[C@H](C3)N2C(=O)c2ccncc2)c1. The van der Waals surface area contributed by atoms with Crippen molar-refractivity contribution in [3.63, 3.8) is 0 Å². The Morgan fingerprint density at radius 3 is 2.80 bits per heavy atom. The normalized spacial score (nSPS) is 24.4. The maximum absolute atomic E-state index is 13.0. The lowest BCUT2D eigenvalue weighted by Gasteiger charge is -2.35. The minimum Gasteiger partial charge on any atom is -0.497 e. The number of amides is 1. The van der Waals surface area contributed by atoms with Crippen LogP contribution in [0.25, 0.3) is 0 Å². The Kier molecular flexibility index (Phi) is 4.30. The van der Waals surface area contributed by atoms with E-state index in [0.29, 0.717) is 24.1 Å². The summed E-state index contributed by atoms with van der Waals surface area (Å²) in [5.41, 5.74) is 0.703. The van der Waals surface area contributed by atoms with Crippen molar-refractivity contribution in [2.75, 3.05) is 13.7 Å². The number of hydrogen-bond donors (Lipinski definition) is 0. The van der Waals surface area contributed by atoms with Gasteiger partial charge in [-0.3, -0.25) is 9.78 Å². The summed E-state index contributed by atoms with van der Waals surface area (Å²) in [5, 5.41) is 0. The summed E-state index contributed by atoms with van der Waals surface area (Å²) in [6.07, 6.45) is 6.70.